The Balaban J connectivity index is 2.02. The molecule has 0 radical (unpaired) electrons. The van der Waals surface area contributed by atoms with Crippen LogP contribution in [0.2, 0.25) is 0 Å². The summed E-state index contributed by atoms with van der Waals surface area (Å²) >= 11 is 0. The number of fused-ring (bicyclic) bond motifs is 1. The van der Waals surface area contributed by atoms with E-state index in [0.29, 0.717) is 5.56 Å². The van der Waals surface area contributed by atoms with Gasteiger partial charge in [0, 0.05) is 5.56 Å². The number of carbonyl (C=O) groups excluding carboxylic acids is 1. The van der Waals surface area contributed by atoms with Crippen molar-refractivity contribution in [2.75, 3.05) is 0 Å². The standard InChI is InChI=1S/C17H15FO/c1-11-5-8-16(18)15(9-11)17(19)14-7-6-12-3-2-4-13(12)10-14/h5-10H,2-4H2,1H3. The molecule has 0 N–H and O–H groups in total. The van der Waals surface area contributed by atoms with Gasteiger partial charge in [-0.2, -0.15) is 0 Å². The molecule has 96 valence electrons. The summed E-state index contributed by atoms with van der Waals surface area (Å²) in [5.41, 5.74) is 4.20. The lowest BCUT2D eigenvalue weighted by atomic mass is 9.98. The summed E-state index contributed by atoms with van der Waals surface area (Å²) in [6, 6.07) is 10.4. The van der Waals surface area contributed by atoms with Gasteiger partial charge in [0.25, 0.3) is 0 Å². The van der Waals surface area contributed by atoms with Crippen LogP contribution >= 0.6 is 0 Å². The number of hydrogen-bond acceptors (Lipinski definition) is 1. The number of carbonyl (C=O) groups is 1. The highest BCUT2D eigenvalue weighted by molar-refractivity contribution is 6.09. The molecule has 2 aromatic carbocycles. The zero-order valence-electron chi connectivity index (χ0n) is 10.9. The molecule has 2 aromatic rings. The molecule has 0 saturated carbocycles. The highest BCUT2D eigenvalue weighted by Gasteiger charge is 2.17. The molecule has 19 heavy (non-hydrogen) atoms. The summed E-state index contributed by atoms with van der Waals surface area (Å²) in [5, 5.41) is 0. The van der Waals surface area contributed by atoms with E-state index in [9.17, 15) is 9.18 Å². The van der Waals surface area contributed by atoms with E-state index in [2.05, 4.69) is 0 Å². The first-order chi connectivity index (χ1) is 9.15. The summed E-state index contributed by atoms with van der Waals surface area (Å²) in [7, 11) is 0. The van der Waals surface area contributed by atoms with E-state index in [-0.39, 0.29) is 11.3 Å². The van der Waals surface area contributed by atoms with Gasteiger partial charge in [0.15, 0.2) is 5.78 Å². The fraction of sp³-hybridized carbons (Fsp3) is 0.235. The third kappa shape index (κ3) is 2.19. The van der Waals surface area contributed by atoms with Crippen LogP contribution in [0.1, 0.15) is 39.0 Å². The number of benzene rings is 2. The molecule has 0 fully saturated rings. The minimum atomic E-state index is -0.448. The van der Waals surface area contributed by atoms with Crippen molar-refractivity contribution in [3.63, 3.8) is 0 Å². The van der Waals surface area contributed by atoms with Crippen LogP contribution < -0.4 is 0 Å². The molecule has 3 rings (SSSR count). The number of aryl methyl sites for hydroxylation is 3. The Bertz CT molecular complexity index is 658. The molecular formula is C17H15FO. The minimum absolute atomic E-state index is 0.165. The first-order valence-corrected chi connectivity index (χ1v) is 6.58. The maximum atomic E-state index is 13.8. The lowest BCUT2D eigenvalue weighted by Gasteiger charge is -2.06. The zero-order chi connectivity index (χ0) is 13.4. The van der Waals surface area contributed by atoms with Gasteiger partial charge in [-0.1, -0.05) is 23.8 Å². The number of ketones is 1. The third-order valence-corrected chi connectivity index (χ3v) is 3.73. The van der Waals surface area contributed by atoms with E-state index in [1.54, 1.807) is 12.1 Å². The molecule has 1 nitrogen and oxygen atoms in total. The predicted molar refractivity (Wildman–Crippen MR) is 73.0 cm³/mol. The highest BCUT2D eigenvalue weighted by Crippen LogP contribution is 2.24. The van der Waals surface area contributed by atoms with Gasteiger partial charge in [-0.05, 0) is 55.5 Å². The number of halogens is 1. The first kappa shape index (κ1) is 12.1. The molecule has 0 amide bonds. The van der Waals surface area contributed by atoms with Crippen molar-refractivity contribution < 1.29 is 9.18 Å². The van der Waals surface area contributed by atoms with E-state index < -0.39 is 5.82 Å². The summed E-state index contributed by atoms with van der Waals surface area (Å²) in [5.74, 6) is -0.674. The Morgan fingerprint density at radius 1 is 1.05 bits per heavy atom. The molecule has 1 aliphatic carbocycles. The van der Waals surface area contributed by atoms with Crippen LogP contribution in [-0.2, 0) is 12.8 Å². The molecule has 0 bridgehead atoms. The van der Waals surface area contributed by atoms with Crippen LogP contribution in [-0.4, -0.2) is 5.78 Å². The average Bonchev–Trinajstić information content (AvgIpc) is 2.88. The van der Waals surface area contributed by atoms with Gasteiger partial charge in [-0.15, -0.1) is 0 Å². The molecule has 0 aromatic heterocycles. The van der Waals surface area contributed by atoms with Crippen molar-refractivity contribution in [2.24, 2.45) is 0 Å². The fourth-order valence-electron chi connectivity index (χ4n) is 2.68. The van der Waals surface area contributed by atoms with E-state index in [1.165, 1.54) is 17.2 Å². The van der Waals surface area contributed by atoms with Gasteiger partial charge >= 0.3 is 0 Å². The maximum absolute atomic E-state index is 13.8. The number of rotatable bonds is 2. The van der Waals surface area contributed by atoms with E-state index >= 15 is 0 Å². The maximum Gasteiger partial charge on any atom is 0.195 e. The van der Waals surface area contributed by atoms with Crippen molar-refractivity contribution in [3.05, 3.63) is 70.0 Å². The zero-order valence-corrected chi connectivity index (χ0v) is 10.9. The lowest BCUT2D eigenvalue weighted by Crippen LogP contribution is -2.05. The van der Waals surface area contributed by atoms with Gasteiger partial charge in [0.1, 0.15) is 5.82 Å². The highest BCUT2D eigenvalue weighted by atomic mass is 19.1. The van der Waals surface area contributed by atoms with Crippen LogP contribution in [0.4, 0.5) is 4.39 Å². The van der Waals surface area contributed by atoms with Crippen molar-refractivity contribution in [3.8, 4) is 0 Å². The van der Waals surface area contributed by atoms with E-state index in [4.69, 9.17) is 0 Å². The Morgan fingerprint density at radius 3 is 2.68 bits per heavy atom. The molecular weight excluding hydrogens is 239 g/mol. The summed E-state index contributed by atoms with van der Waals surface area (Å²) in [6.45, 7) is 1.86. The summed E-state index contributed by atoms with van der Waals surface area (Å²) in [4.78, 5) is 12.4. The minimum Gasteiger partial charge on any atom is -0.288 e. The third-order valence-electron chi connectivity index (χ3n) is 3.73. The van der Waals surface area contributed by atoms with E-state index in [0.717, 1.165) is 24.8 Å². The predicted octanol–water partition coefficient (Wildman–Crippen LogP) is 3.85. The van der Waals surface area contributed by atoms with Gasteiger partial charge in [-0.25, -0.2) is 4.39 Å². The molecule has 2 heteroatoms. The summed E-state index contributed by atoms with van der Waals surface area (Å²) < 4.78 is 13.8. The van der Waals surface area contributed by atoms with Gasteiger partial charge in [0.05, 0.1) is 5.56 Å². The van der Waals surface area contributed by atoms with Gasteiger partial charge in [0.2, 0.25) is 0 Å². The molecule has 0 spiro atoms. The molecule has 1 aliphatic rings. The second kappa shape index (κ2) is 4.61. The van der Waals surface area contributed by atoms with Crippen molar-refractivity contribution >= 4 is 5.78 Å². The summed E-state index contributed by atoms with van der Waals surface area (Å²) in [6.07, 6.45) is 3.25. The molecule has 0 heterocycles. The first-order valence-electron chi connectivity index (χ1n) is 6.58. The second-order valence-corrected chi connectivity index (χ2v) is 5.15. The Morgan fingerprint density at radius 2 is 1.84 bits per heavy atom. The molecule has 0 aliphatic heterocycles. The topological polar surface area (TPSA) is 17.1 Å². The van der Waals surface area contributed by atoms with E-state index in [1.807, 2.05) is 25.1 Å². The Hall–Kier alpha value is -1.96. The number of hydrogen-bond donors (Lipinski definition) is 0. The van der Waals surface area contributed by atoms with Crippen molar-refractivity contribution in [1.82, 2.24) is 0 Å². The lowest BCUT2D eigenvalue weighted by molar-refractivity contribution is 0.103. The molecule has 0 unspecified atom stereocenters. The van der Waals surface area contributed by atoms with Crippen molar-refractivity contribution in [1.29, 1.82) is 0 Å². The molecule has 0 atom stereocenters. The van der Waals surface area contributed by atoms with Crippen LogP contribution in [0.5, 0.6) is 0 Å². The Kier molecular flexibility index (Phi) is 2.94. The smallest absolute Gasteiger partial charge is 0.195 e. The quantitative estimate of drug-likeness (QED) is 0.744. The van der Waals surface area contributed by atoms with Crippen LogP contribution in [0.15, 0.2) is 36.4 Å². The monoisotopic (exact) mass is 254 g/mol. The van der Waals surface area contributed by atoms with Crippen LogP contribution in [0.3, 0.4) is 0 Å². The average molecular weight is 254 g/mol. The van der Waals surface area contributed by atoms with Crippen LogP contribution in [0.25, 0.3) is 0 Å². The SMILES string of the molecule is Cc1ccc(F)c(C(=O)c2ccc3c(c2)CCC3)c1. The van der Waals surface area contributed by atoms with Gasteiger partial charge in [-0.3, -0.25) is 4.79 Å². The van der Waals surface area contributed by atoms with Crippen LogP contribution in [0, 0.1) is 12.7 Å². The largest absolute Gasteiger partial charge is 0.288 e. The van der Waals surface area contributed by atoms with Crippen molar-refractivity contribution in [2.45, 2.75) is 26.2 Å². The second-order valence-electron chi connectivity index (χ2n) is 5.15. The molecule has 0 saturated heterocycles. The fourth-order valence-corrected chi connectivity index (χ4v) is 2.68. The van der Waals surface area contributed by atoms with Gasteiger partial charge < -0.3 is 0 Å². The Labute approximate surface area is 112 Å². The normalized spacial score (nSPS) is 13.4.